The number of alkyl halides is 3. The number of sulfone groups is 1. The molecule has 1 aromatic carbocycles. The first-order valence-electron chi connectivity index (χ1n) is 8.53. The molecule has 0 spiro atoms. The summed E-state index contributed by atoms with van der Waals surface area (Å²) in [5.41, 5.74) is -5.65. The lowest BCUT2D eigenvalue weighted by molar-refractivity contribution is -0.0576. The van der Waals surface area contributed by atoms with Crippen molar-refractivity contribution in [3.05, 3.63) is 53.2 Å². The van der Waals surface area contributed by atoms with Crippen molar-refractivity contribution < 1.29 is 38.6 Å². The van der Waals surface area contributed by atoms with Crippen molar-refractivity contribution in [3.8, 4) is 0 Å². The van der Waals surface area contributed by atoms with Gasteiger partial charge >= 0.3 is 15.6 Å². The highest BCUT2D eigenvalue weighted by Crippen LogP contribution is 2.36. The number of allylic oxidation sites excluding steroid dienone is 1. The second kappa shape index (κ2) is 7.82. The van der Waals surface area contributed by atoms with E-state index in [1.54, 1.807) is 0 Å². The van der Waals surface area contributed by atoms with Gasteiger partial charge in [0.25, 0.3) is 0 Å². The Bertz CT molecular complexity index is 1040. The lowest BCUT2D eigenvalue weighted by atomic mass is 9.84. The number of hydrogen-bond acceptors (Lipinski definition) is 6. The number of halogens is 4. The largest absolute Gasteiger partial charge is 0.523 e. The SMILES string of the molecule is O=S(=O)(C1=CC(OS(=O)(=O)C(F)(F)F)C([C@@H]2CCNC2)C=C1)c1cccc(F)c1. The highest BCUT2D eigenvalue weighted by molar-refractivity contribution is 7.95. The number of hydrogen-bond donors (Lipinski definition) is 1. The van der Waals surface area contributed by atoms with Gasteiger partial charge in [-0.1, -0.05) is 12.1 Å². The van der Waals surface area contributed by atoms with Gasteiger partial charge in [-0.2, -0.15) is 21.6 Å². The van der Waals surface area contributed by atoms with Crippen LogP contribution in [0.4, 0.5) is 17.6 Å². The van der Waals surface area contributed by atoms with Gasteiger partial charge in [-0.05, 0) is 55.8 Å². The Labute approximate surface area is 165 Å². The zero-order valence-corrected chi connectivity index (χ0v) is 16.4. The lowest BCUT2D eigenvalue weighted by Crippen LogP contribution is -2.37. The van der Waals surface area contributed by atoms with Crippen LogP contribution in [0.3, 0.4) is 0 Å². The predicted molar refractivity (Wildman–Crippen MR) is 95.1 cm³/mol. The smallest absolute Gasteiger partial charge is 0.316 e. The second-order valence-electron chi connectivity index (χ2n) is 6.68. The summed E-state index contributed by atoms with van der Waals surface area (Å²) in [5, 5.41) is 3.02. The van der Waals surface area contributed by atoms with Crippen LogP contribution in [0.25, 0.3) is 0 Å². The van der Waals surface area contributed by atoms with Crippen molar-refractivity contribution in [1.29, 1.82) is 0 Å². The maximum absolute atomic E-state index is 13.4. The van der Waals surface area contributed by atoms with Gasteiger partial charge in [0.15, 0.2) is 0 Å². The molecule has 1 N–H and O–H groups in total. The zero-order valence-electron chi connectivity index (χ0n) is 14.8. The molecule has 0 aromatic heterocycles. The van der Waals surface area contributed by atoms with Gasteiger partial charge < -0.3 is 5.32 Å². The van der Waals surface area contributed by atoms with Crippen LogP contribution in [0.15, 0.2) is 52.3 Å². The molecule has 1 aromatic rings. The first-order valence-corrected chi connectivity index (χ1v) is 11.4. The first kappa shape index (κ1) is 21.9. The molecule has 29 heavy (non-hydrogen) atoms. The van der Waals surface area contributed by atoms with E-state index >= 15 is 0 Å². The van der Waals surface area contributed by atoms with Crippen LogP contribution >= 0.6 is 0 Å². The predicted octanol–water partition coefficient (Wildman–Crippen LogP) is 2.51. The molecule has 2 unspecified atom stereocenters. The molecule has 3 atom stereocenters. The third-order valence-electron chi connectivity index (χ3n) is 4.77. The van der Waals surface area contributed by atoms with E-state index in [0.29, 0.717) is 19.5 Å². The molecule has 1 fully saturated rings. The number of rotatable bonds is 5. The number of nitrogens with one attached hydrogen (secondary N) is 1. The van der Waals surface area contributed by atoms with Crippen molar-refractivity contribution in [2.45, 2.75) is 22.9 Å². The Hall–Kier alpha value is -1.76. The fourth-order valence-electron chi connectivity index (χ4n) is 3.32. The van der Waals surface area contributed by atoms with Crippen LogP contribution in [0.1, 0.15) is 6.42 Å². The topological polar surface area (TPSA) is 89.5 Å². The summed E-state index contributed by atoms with van der Waals surface area (Å²) in [4.78, 5) is -0.875. The van der Waals surface area contributed by atoms with Gasteiger partial charge in [-0.3, -0.25) is 4.18 Å². The second-order valence-corrected chi connectivity index (χ2v) is 10.2. The van der Waals surface area contributed by atoms with E-state index in [2.05, 4.69) is 9.50 Å². The molecule has 160 valence electrons. The highest BCUT2D eigenvalue weighted by atomic mass is 32.2. The van der Waals surface area contributed by atoms with Crippen molar-refractivity contribution >= 4 is 20.0 Å². The van der Waals surface area contributed by atoms with Crippen LogP contribution in [-0.2, 0) is 24.1 Å². The van der Waals surface area contributed by atoms with E-state index < -0.39 is 53.1 Å². The summed E-state index contributed by atoms with van der Waals surface area (Å²) in [5.74, 6) is -1.84. The average molecular weight is 455 g/mol. The van der Waals surface area contributed by atoms with Gasteiger partial charge in [0, 0.05) is 5.92 Å². The molecule has 1 aliphatic carbocycles. The quantitative estimate of drug-likeness (QED) is 0.417. The van der Waals surface area contributed by atoms with Crippen LogP contribution in [0.5, 0.6) is 0 Å². The molecular weight excluding hydrogens is 438 g/mol. The first-order chi connectivity index (χ1) is 13.4. The summed E-state index contributed by atoms with van der Waals surface area (Å²) in [6, 6.07) is 4.10. The van der Waals surface area contributed by atoms with E-state index in [1.807, 2.05) is 0 Å². The Morgan fingerprint density at radius 1 is 1.14 bits per heavy atom. The Kier molecular flexibility index (Phi) is 5.91. The molecule has 1 heterocycles. The minimum Gasteiger partial charge on any atom is -0.316 e. The van der Waals surface area contributed by atoms with Crippen LogP contribution in [0, 0.1) is 17.7 Å². The molecule has 6 nitrogen and oxygen atoms in total. The molecule has 0 saturated carbocycles. The van der Waals surface area contributed by atoms with Crippen LogP contribution in [-0.4, -0.2) is 41.5 Å². The molecule has 3 rings (SSSR count). The Morgan fingerprint density at radius 2 is 1.86 bits per heavy atom. The van der Waals surface area contributed by atoms with Crippen LogP contribution < -0.4 is 5.32 Å². The summed E-state index contributed by atoms with van der Waals surface area (Å²) in [7, 11) is -10.2. The normalized spacial score (nSPS) is 25.8. The van der Waals surface area contributed by atoms with E-state index in [0.717, 1.165) is 24.3 Å². The summed E-state index contributed by atoms with van der Waals surface area (Å²) >= 11 is 0. The minimum absolute atomic E-state index is 0.241. The van der Waals surface area contributed by atoms with E-state index in [4.69, 9.17) is 0 Å². The maximum Gasteiger partial charge on any atom is 0.523 e. The standard InChI is InChI=1S/C17H17F4NO5S2/c18-12-2-1-3-13(8-12)28(23,24)14-4-5-15(11-6-7-22-10-11)16(9-14)27-29(25,26)17(19,20)21/h1-5,8-9,11,15-16,22H,6-7,10H2/t11-,15?,16?/m1/s1. The zero-order chi connectivity index (χ0) is 21.4. The molecule has 12 heteroatoms. The van der Waals surface area contributed by atoms with E-state index in [9.17, 15) is 34.4 Å². The summed E-state index contributed by atoms with van der Waals surface area (Å²) in [6.07, 6.45) is 2.24. The summed E-state index contributed by atoms with van der Waals surface area (Å²) < 4.78 is 105. The maximum atomic E-state index is 13.4. The Balaban J connectivity index is 2.00. The van der Waals surface area contributed by atoms with Crippen molar-refractivity contribution in [3.63, 3.8) is 0 Å². The van der Waals surface area contributed by atoms with Gasteiger partial charge in [0.05, 0.1) is 9.80 Å². The van der Waals surface area contributed by atoms with Gasteiger partial charge in [-0.25, -0.2) is 12.8 Å². The molecule has 1 aliphatic heterocycles. The average Bonchev–Trinajstić information content (AvgIpc) is 3.14. The van der Waals surface area contributed by atoms with Crippen molar-refractivity contribution in [2.24, 2.45) is 11.8 Å². The third kappa shape index (κ3) is 4.55. The molecule has 0 bridgehead atoms. The fourth-order valence-corrected chi connectivity index (χ4v) is 5.27. The van der Waals surface area contributed by atoms with E-state index in [-0.39, 0.29) is 5.92 Å². The molecular formula is C17H17F4NO5S2. The summed E-state index contributed by atoms with van der Waals surface area (Å²) in [6.45, 7) is 1.01. The minimum atomic E-state index is -5.95. The monoisotopic (exact) mass is 455 g/mol. The molecule has 0 amide bonds. The van der Waals surface area contributed by atoms with Gasteiger partial charge in [-0.15, -0.1) is 0 Å². The van der Waals surface area contributed by atoms with Crippen molar-refractivity contribution in [1.82, 2.24) is 5.32 Å². The van der Waals surface area contributed by atoms with E-state index in [1.165, 1.54) is 18.2 Å². The van der Waals surface area contributed by atoms with Crippen molar-refractivity contribution in [2.75, 3.05) is 13.1 Å². The number of benzene rings is 1. The van der Waals surface area contributed by atoms with Gasteiger partial charge in [0.2, 0.25) is 9.84 Å². The Morgan fingerprint density at radius 3 is 2.45 bits per heavy atom. The molecule has 2 aliphatic rings. The fraction of sp³-hybridized carbons (Fsp3) is 0.412. The van der Waals surface area contributed by atoms with Gasteiger partial charge in [0.1, 0.15) is 11.9 Å². The highest BCUT2D eigenvalue weighted by Gasteiger charge is 2.50. The lowest BCUT2D eigenvalue weighted by Gasteiger charge is -2.29. The van der Waals surface area contributed by atoms with Crippen LogP contribution in [0.2, 0.25) is 0 Å². The molecule has 0 radical (unpaired) electrons. The third-order valence-corrected chi connectivity index (χ3v) is 7.58. The molecule has 1 saturated heterocycles.